The van der Waals surface area contributed by atoms with Gasteiger partial charge >= 0.3 is 7.82 Å². The molecule has 0 spiro atoms. The third-order valence-corrected chi connectivity index (χ3v) is 5.87. The molecule has 1 N–H and O–H groups in total. The van der Waals surface area contributed by atoms with Crippen molar-refractivity contribution in [1.29, 1.82) is 0 Å². The van der Waals surface area contributed by atoms with Crippen LogP contribution in [0, 0.1) is 22.5 Å². The van der Waals surface area contributed by atoms with E-state index < -0.39 is 51.4 Å². The van der Waals surface area contributed by atoms with Crippen molar-refractivity contribution in [3.05, 3.63) is 27.9 Å². The van der Waals surface area contributed by atoms with Gasteiger partial charge in [0.2, 0.25) is 0 Å². The molecule has 0 aliphatic carbocycles. The Morgan fingerprint density at radius 1 is 1.38 bits per heavy atom. The minimum absolute atomic E-state index is 0.0538. The highest BCUT2D eigenvalue weighted by atomic mass is 32.2. The summed E-state index contributed by atoms with van der Waals surface area (Å²) in [5.41, 5.74) is -1.27. The number of pyridine rings is 1. The summed E-state index contributed by atoms with van der Waals surface area (Å²) >= 11 is 0. The summed E-state index contributed by atoms with van der Waals surface area (Å²) in [6, 6.07) is 0.783. The minimum atomic E-state index is -4.41. The number of hydrogen-bond donors (Lipinski definition) is 1. The first kappa shape index (κ1) is 27.6. The maximum atomic E-state index is 12.9. The SMILES string of the molecule is C#CCN(CCOP(=O)(O)OCC[N+](C)(C)C)C(=O)c1cc(S(C)(=O)=O)ncc1[N+](=O)[O-]. The van der Waals surface area contributed by atoms with Gasteiger partial charge in [-0.25, -0.2) is 18.0 Å². The number of rotatable bonds is 12. The summed E-state index contributed by atoms with van der Waals surface area (Å²) < 4.78 is 45.6. The third kappa shape index (κ3) is 8.99. The lowest BCUT2D eigenvalue weighted by Crippen LogP contribution is -2.37. The maximum absolute atomic E-state index is 12.9. The van der Waals surface area contributed by atoms with E-state index in [1.165, 1.54) is 0 Å². The number of phosphoric ester groups is 1. The molecular weight excluding hydrogens is 467 g/mol. The smallest absolute Gasteiger partial charge is 0.329 e. The second-order valence-electron chi connectivity index (χ2n) is 7.65. The molecule has 32 heavy (non-hydrogen) atoms. The quantitative estimate of drug-likeness (QED) is 0.141. The summed E-state index contributed by atoms with van der Waals surface area (Å²) in [4.78, 5) is 37.4. The largest absolute Gasteiger partial charge is 0.472 e. The molecule has 15 heteroatoms. The van der Waals surface area contributed by atoms with E-state index in [9.17, 15) is 32.8 Å². The lowest BCUT2D eigenvalue weighted by Gasteiger charge is -2.24. The minimum Gasteiger partial charge on any atom is -0.329 e. The molecule has 0 radical (unpaired) electrons. The summed E-state index contributed by atoms with van der Waals surface area (Å²) in [5, 5.41) is 10.7. The molecule has 0 saturated carbocycles. The summed E-state index contributed by atoms with van der Waals surface area (Å²) in [6.07, 6.45) is 6.75. The number of phosphoric acid groups is 1. The van der Waals surface area contributed by atoms with Gasteiger partial charge in [0, 0.05) is 12.8 Å². The van der Waals surface area contributed by atoms with Crippen molar-refractivity contribution in [2.75, 3.05) is 60.2 Å². The molecule has 178 valence electrons. The number of carbonyl (C=O) groups is 1. The van der Waals surface area contributed by atoms with Crippen LogP contribution in [-0.2, 0) is 23.4 Å². The molecule has 0 aromatic carbocycles. The van der Waals surface area contributed by atoms with E-state index in [-0.39, 0.29) is 19.7 Å². The van der Waals surface area contributed by atoms with Crippen LogP contribution in [0.1, 0.15) is 10.4 Å². The van der Waals surface area contributed by atoms with E-state index in [0.717, 1.165) is 17.2 Å². The zero-order chi connectivity index (χ0) is 24.7. The molecule has 1 aromatic heterocycles. The van der Waals surface area contributed by atoms with Crippen molar-refractivity contribution in [2.45, 2.75) is 5.03 Å². The number of nitrogens with zero attached hydrogens (tertiary/aromatic N) is 4. The Morgan fingerprint density at radius 3 is 2.47 bits per heavy atom. The number of amides is 1. The van der Waals surface area contributed by atoms with E-state index in [1.54, 1.807) is 0 Å². The van der Waals surface area contributed by atoms with E-state index in [1.807, 2.05) is 21.1 Å². The lowest BCUT2D eigenvalue weighted by atomic mass is 10.2. The average Bonchev–Trinajstić information content (AvgIpc) is 2.64. The van der Waals surface area contributed by atoms with Gasteiger partial charge in [-0.05, 0) is 6.07 Å². The fraction of sp³-hybridized carbons (Fsp3) is 0.529. The molecule has 0 fully saturated rings. The second kappa shape index (κ2) is 11.0. The summed E-state index contributed by atoms with van der Waals surface area (Å²) in [6.45, 7) is -0.733. The zero-order valence-corrected chi connectivity index (χ0v) is 19.8. The number of nitro groups is 1. The summed E-state index contributed by atoms with van der Waals surface area (Å²) in [5.74, 6) is 1.22. The van der Waals surface area contributed by atoms with Crippen molar-refractivity contribution in [3.63, 3.8) is 0 Å². The highest BCUT2D eigenvalue weighted by Crippen LogP contribution is 2.42. The van der Waals surface area contributed by atoms with E-state index >= 15 is 0 Å². The molecule has 1 rings (SSSR count). The van der Waals surface area contributed by atoms with E-state index in [0.29, 0.717) is 17.2 Å². The molecule has 0 bridgehead atoms. The van der Waals surface area contributed by atoms with Gasteiger partial charge in [-0.1, -0.05) is 5.92 Å². The fourth-order valence-electron chi connectivity index (χ4n) is 2.22. The van der Waals surface area contributed by atoms with Crippen molar-refractivity contribution in [3.8, 4) is 12.3 Å². The number of quaternary nitrogens is 1. The highest BCUT2D eigenvalue weighted by molar-refractivity contribution is 7.90. The van der Waals surface area contributed by atoms with Crippen LogP contribution in [0.25, 0.3) is 0 Å². The zero-order valence-electron chi connectivity index (χ0n) is 18.1. The van der Waals surface area contributed by atoms with Crippen LogP contribution in [0.4, 0.5) is 5.69 Å². The Morgan fingerprint density at radius 2 is 1.97 bits per heavy atom. The van der Waals surface area contributed by atoms with Gasteiger partial charge in [0.05, 0.1) is 39.2 Å². The molecule has 0 aliphatic rings. The van der Waals surface area contributed by atoms with Gasteiger partial charge in [0.25, 0.3) is 11.6 Å². The number of hydrogen-bond acceptors (Lipinski definition) is 9. The molecule has 13 nitrogen and oxygen atoms in total. The Hall–Kier alpha value is -2.40. The Bertz CT molecular complexity index is 1050. The molecule has 1 amide bonds. The van der Waals surface area contributed by atoms with Crippen LogP contribution in [0.3, 0.4) is 0 Å². The van der Waals surface area contributed by atoms with Gasteiger partial charge in [0.15, 0.2) is 14.9 Å². The standard InChI is InChI=1S/C17H25N4O9PS/c1-6-7-19(8-10-29-31(25,26)30-11-9-21(2,3)4)17(22)14-12-16(32(5,27)28)18-13-15(14)20(23)24/h1,12-13H,7-11H2,2-5H3/p+1. The van der Waals surface area contributed by atoms with Gasteiger partial charge in [0.1, 0.15) is 24.9 Å². The molecule has 1 heterocycles. The number of likely N-dealkylation sites (N-methyl/N-ethyl adjacent to an activating group) is 1. The molecule has 0 saturated heterocycles. The highest BCUT2D eigenvalue weighted by Gasteiger charge is 2.29. The van der Waals surface area contributed by atoms with Gasteiger partial charge < -0.3 is 14.3 Å². The van der Waals surface area contributed by atoms with Crippen molar-refractivity contribution >= 4 is 29.3 Å². The number of sulfone groups is 1. The Kier molecular flexibility index (Phi) is 9.46. The number of carbonyl (C=O) groups excluding carboxylic acids is 1. The van der Waals surface area contributed by atoms with Gasteiger partial charge in [-0.15, -0.1) is 6.42 Å². The normalized spacial score (nSPS) is 13.8. The summed E-state index contributed by atoms with van der Waals surface area (Å²) in [7, 11) is -2.67. The first-order valence-electron chi connectivity index (χ1n) is 9.07. The molecule has 0 aliphatic heterocycles. The first-order chi connectivity index (χ1) is 14.6. The topological polar surface area (TPSA) is 166 Å². The maximum Gasteiger partial charge on any atom is 0.472 e. The van der Waals surface area contributed by atoms with Crippen LogP contribution in [0.5, 0.6) is 0 Å². The molecule has 1 atom stereocenters. The monoisotopic (exact) mass is 493 g/mol. The third-order valence-electron chi connectivity index (χ3n) is 3.87. The predicted octanol–water partition coefficient (Wildman–Crippen LogP) is 0.309. The molecule has 1 aromatic rings. The Labute approximate surface area is 186 Å². The van der Waals surface area contributed by atoms with Gasteiger partial charge in [-0.2, -0.15) is 0 Å². The van der Waals surface area contributed by atoms with Crippen LogP contribution < -0.4 is 0 Å². The average molecular weight is 493 g/mol. The number of terminal acetylenes is 1. The molecule has 1 unspecified atom stereocenters. The van der Waals surface area contributed by atoms with E-state index in [4.69, 9.17) is 15.5 Å². The van der Waals surface area contributed by atoms with Gasteiger partial charge in [-0.3, -0.25) is 24.0 Å². The fourth-order valence-corrected chi connectivity index (χ4v) is 3.49. The predicted molar refractivity (Wildman–Crippen MR) is 113 cm³/mol. The van der Waals surface area contributed by atoms with Crippen LogP contribution >= 0.6 is 7.82 Å². The first-order valence-corrected chi connectivity index (χ1v) is 12.5. The number of aromatic nitrogens is 1. The van der Waals surface area contributed by atoms with E-state index in [2.05, 4.69) is 10.9 Å². The van der Waals surface area contributed by atoms with Crippen LogP contribution in [0.2, 0.25) is 0 Å². The van der Waals surface area contributed by atoms with Crippen LogP contribution in [0.15, 0.2) is 17.3 Å². The lowest BCUT2D eigenvalue weighted by molar-refractivity contribution is -0.870. The molecular formula is C17H26N4O9PS+. The van der Waals surface area contributed by atoms with Crippen molar-refractivity contribution < 1.29 is 41.1 Å². The van der Waals surface area contributed by atoms with Crippen molar-refractivity contribution in [2.24, 2.45) is 0 Å². The second-order valence-corrected chi connectivity index (χ2v) is 11.1. The van der Waals surface area contributed by atoms with Crippen LogP contribution in [-0.4, -0.2) is 98.8 Å². The Balaban J connectivity index is 2.99. The van der Waals surface area contributed by atoms with Crippen molar-refractivity contribution in [1.82, 2.24) is 9.88 Å².